The smallest absolute Gasteiger partial charge is 0.237 e. The lowest BCUT2D eigenvalue weighted by Crippen LogP contribution is -2.47. The Morgan fingerprint density at radius 1 is 1.45 bits per heavy atom. The molecule has 124 valence electrons. The molecule has 2 rings (SSSR count). The largest absolute Gasteiger partial charge is 0.353 e. The Labute approximate surface area is 138 Å². The van der Waals surface area contributed by atoms with E-state index in [-0.39, 0.29) is 17.9 Å². The van der Waals surface area contributed by atoms with Crippen molar-refractivity contribution in [2.75, 3.05) is 19.6 Å². The molecular weight excluding hydrogens is 294 g/mol. The molecule has 1 aliphatic heterocycles. The number of likely N-dealkylation sites (tertiary alicyclic amines) is 1. The summed E-state index contributed by atoms with van der Waals surface area (Å²) < 4.78 is 0. The van der Waals surface area contributed by atoms with Gasteiger partial charge in [-0.25, -0.2) is 0 Å². The Balaban J connectivity index is 1.98. The van der Waals surface area contributed by atoms with Gasteiger partial charge in [0.1, 0.15) is 0 Å². The fraction of sp³-hybridized carbons (Fsp3) is 0.706. The van der Waals surface area contributed by atoms with Gasteiger partial charge in [-0.1, -0.05) is 26.8 Å². The normalized spacial score (nSPS) is 20.0. The van der Waals surface area contributed by atoms with Gasteiger partial charge in [0, 0.05) is 11.4 Å². The molecule has 1 amide bonds. The quantitative estimate of drug-likeness (QED) is 0.846. The standard InChI is InChI=1S/C17H29N3OS/c1-12(2)16(18)17(21)19-11-14(15-5-4-10-22-15)20-8-6-13(3)7-9-20/h4-5,10,12-14,16H,6-9,11,18H2,1-3H3,(H,19,21)/t14?,16-/m0/s1. The number of rotatable bonds is 6. The molecule has 22 heavy (non-hydrogen) atoms. The molecule has 0 bridgehead atoms. The molecule has 0 aliphatic carbocycles. The minimum Gasteiger partial charge on any atom is -0.353 e. The van der Waals surface area contributed by atoms with Crippen LogP contribution in [0.4, 0.5) is 0 Å². The molecule has 1 fully saturated rings. The highest BCUT2D eigenvalue weighted by atomic mass is 32.1. The molecule has 1 aromatic heterocycles. The number of carbonyl (C=O) groups is 1. The van der Waals surface area contributed by atoms with E-state index in [1.54, 1.807) is 11.3 Å². The molecule has 0 spiro atoms. The number of carbonyl (C=O) groups excluding carboxylic acids is 1. The fourth-order valence-corrected chi connectivity index (χ4v) is 3.71. The zero-order valence-corrected chi connectivity index (χ0v) is 14.7. The molecule has 1 aliphatic rings. The van der Waals surface area contributed by atoms with Crippen molar-refractivity contribution in [1.29, 1.82) is 0 Å². The van der Waals surface area contributed by atoms with Crippen molar-refractivity contribution >= 4 is 17.2 Å². The minimum absolute atomic E-state index is 0.0399. The van der Waals surface area contributed by atoms with Gasteiger partial charge in [0.15, 0.2) is 0 Å². The van der Waals surface area contributed by atoms with Gasteiger partial charge in [0.25, 0.3) is 0 Å². The number of hydrogen-bond donors (Lipinski definition) is 2. The van der Waals surface area contributed by atoms with E-state index in [0.717, 1.165) is 19.0 Å². The van der Waals surface area contributed by atoms with Crippen LogP contribution in [0.2, 0.25) is 0 Å². The summed E-state index contributed by atoms with van der Waals surface area (Å²) in [4.78, 5) is 16.0. The second kappa shape index (κ2) is 8.09. The summed E-state index contributed by atoms with van der Waals surface area (Å²) in [6.07, 6.45) is 2.47. The summed E-state index contributed by atoms with van der Waals surface area (Å²) in [7, 11) is 0. The monoisotopic (exact) mass is 323 g/mol. The van der Waals surface area contributed by atoms with Gasteiger partial charge in [-0.05, 0) is 49.2 Å². The summed E-state index contributed by atoms with van der Waals surface area (Å²) in [5, 5.41) is 5.17. The van der Waals surface area contributed by atoms with Crippen molar-refractivity contribution in [1.82, 2.24) is 10.2 Å². The van der Waals surface area contributed by atoms with Crippen LogP contribution in [-0.2, 0) is 4.79 Å². The van der Waals surface area contributed by atoms with Crippen LogP contribution in [0.15, 0.2) is 17.5 Å². The fourth-order valence-electron chi connectivity index (χ4n) is 2.85. The lowest BCUT2D eigenvalue weighted by atomic mass is 9.97. The highest BCUT2D eigenvalue weighted by molar-refractivity contribution is 7.10. The van der Waals surface area contributed by atoms with Gasteiger partial charge in [-0.15, -0.1) is 11.3 Å². The van der Waals surface area contributed by atoms with Crippen molar-refractivity contribution in [3.05, 3.63) is 22.4 Å². The first-order valence-electron chi connectivity index (χ1n) is 8.29. The summed E-state index contributed by atoms with van der Waals surface area (Å²) in [6.45, 7) is 9.14. The second-order valence-corrected chi connectivity index (χ2v) is 7.74. The maximum atomic E-state index is 12.1. The number of hydrogen-bond acceptors (Lipinski definition) is 4. The predicted octanol–water partition coefficient (Wildman–Crippen LogP) is 2.62. The van der Waals surface area contributed by atoms with Crippen LogP contribution in [0.3, 0.4) is 0 Å². The summed E-state index contributed by atoms with van der Waals surface area (Å²) in [6, 6.07) is 4.10. The van der Waals surface area contributed by atoms with Gasteiger partial charge in [-0.2, -0.15) is 0 Å². The first-order chi connectivity index (χ1) is 10.5. The first kappa shape index (κ1) is 17.4. The Hall–Kier alpha value is -0.910. The third-order valence-corrected chi connectivity index (χ3v) is 5.59. The lowest BCUT2D eigenvalue weighted by Gasteiger charge is -2.36. The molecule has 3 N–H and O–H groups in total. The maximum absolute atomic E-state index is 12.1. The Bertz CT molecular complexity index is 452. The third kappa shape index (κ3) is 4.54. The molecule has 2 atom stereocenters. The van der Waals surface area contributed by atoms with Gasteiger partial charge in [-0.3, -0.25) is 9.69 Å². The second-order valence-electron chi connectivity index (χ2n) is 6.76. The first-order valence-corrected chi connectivity index (χ1v) is 9.17. The number of amides is 1. The SMILES string of the molecule is CC1CCN(C(CNC(=O)[C@@H](N)C(C)C)c2cccs2)CC1. The predicted molar refractivity (Wildman–Crippen MR) is 92.9 cm³/mol. The topological polar surface area (TPSA) is 58.4 Å². The molecule has 5 heteroatoms. The van der Waals surface area contributed by atoms with E-state index in [0.29, 0.717) is 6.54 Å². The van der Waals surface area contributed by atoms with E-state index < -0.39 is 6.04 Å². The van der Waals surface area contributed by atoms with E-state index in [1.807, 2.05) is 13.8 Å². The number of nitrogens with two attached hydrogens (primary N) is 1. The van der Waals surface area contributed by atoms with Crippen LogP contribution in [0.25, 0.3) is 0 Å². The Morgan fingerprint density at radius 2 is 2.14 bits per heavy atom. The van der Waals surface area contributed by atoms with Crippen molar-refractivity contribution in [2.24, 2.45) is 17.6 Å². The third-order valence-electron chi connectivity index (χ3n) is 4.62. The van der Waals surface area contributed by atoms with E-state index in [9.17, 15) is 4.79 Å². The minimum atomic E-state index is -0.426. The molecule has 1 aromatic rings. The van der Waals surface area contributed by atoms with Crippen LogP contribution in [-0.4, -0.2) is 36.5 Å². The Morgan fingerprint density at radius 3 is 2.68 bits per heavy atom. The average molecular weight is 324 g/mol. The van der Waals surface area contributed by atoms with Gasteiger partial charge in [0.2, 0.25) is 5.91 Å². The highest BCUT2D eigenvalue weighted by Crippen LogP contribution is 2.29. The lowest BCUT2D eigenvalue weighted by molar-refractivity contribution is -0.123. The van der Waals surface area contributed by atoms with Crippen molar-refractivity contribution in [3.8, 4) is 0 Å². The molecule has 0 saturated carbocycles. The van der Waals surface area contributed by atoms with Crippen molar-refractivity contribution in [3.63, 3.8) is 0 Å². The van der Waals surface area contributed by atoms with E-state index in [4.69, 9.17) is 5.73 Å². The van der Waals surface area contributed by atoms with Gasteiger partial charge in [0.05, 0.1) is 12.1 Å². The van der Waals surface area contributed by atoms with Crippen LogP contribution < -0.4 is 11.1 Å². The van der Waals surface area contributed by atoms with E-state index in [2.05, 4.69) is 34.7 Å². The molecule has 4 nitrogen and oxygen atoms in total. The molecule has 1 saturated heterocycles. The number of nitrogens with zero attached hydrogens (tertiary/aromatic N) is 1. The van der Waals surface area contributed by atoms with Crippen molar-refractivity contribution in [2.45, 2.75) is 45.7 Å². The zero-order valence-electron chi connectivity index (χ0n) is 13.9. The molecule has 0 aromatic carbocycles. The molecular formula is C17H29N3OS. The van der Waals surface area contributed by atoms with Crippen LogP contribution in [0.5, 0.6) is 0 Å². The highest BCUT2D eigenvalue weighted by Gasteiger charge is 2.26. The van der Waals surface area contributed by atoms with Gasteiger partial charge < -0.3 is 11.1 Å². The van der Waals surface area contributed by atoms with E-state index >= 15 is 0 Å². The van der Waals surface area contributed by atoms with Crippen LogP contribution in [0.1, 0.15) is 44.5 Å². The van der Waals surface area contributed by atoms with Crippen LogP contribution >= 0.6 is 11.3 Å². The summed E-state index contributed by atoms with van der Waals surface area (Å²) in [5.74, 6) is 0.933. The maximum Gasteiger partial charge on any atom is 0.237 e. The number of nitrogens with one attached hydrogen (secondary N) is 1. The van der Waals surface area contributed by atoms with E-state index in [1.165, 1.54) is 17.7 Å². The molecule has 2 heterocycles. The molecule has 1 unspecified atom stereocenters. The number of piperidine rings is 1. The molecule has 0 radical (unpaired) electrons. The average Bonchev–Trinajstić information content (AvgIpc) is 3.02. The van der Waals surface area contributed by atoms with Crippen molar-refractivity contribution < 1.29 is 4.79 Å². The van der Waals surface area contributed by atoms with Crippen LogP contribution in [0, 0.1) is 11.8 Å². The summed E-state index contributed by atoms with van der Waals surface area (Å²) in [5.41, 5.74) is 5.94. The van der Waals surface area contributed by atoms with Gasteiger partial charge >= 0.3 is 0 Å². The summed E-state index contributed by atoms with van der Waals surface area (Å²) >= 11 is 1.77. The zero-order chi connectivity index (χ0) is 16.1. The number of thiophene rings is 1. The Kier molecular flexibility index (Phi) is 6.41.